The highest BCUT2D eigenvalue weighted by Gasteiger charge is 2.13. The van der Waals surface area contributed by atoms with Crippen molar-refractivity contribution in [2.75, 3.05) is 14.1 Å². The molecule has 2 N–H and O–H groups in total. The Kier molecular flexibility index (Phi) is 3.81. The van der Waals surface area contributed by atoms with E-state index in [0.717, 1.165) is 22.2 Å². The number of benzene rings is 1. The number of fused-ring (bicyclic) bond motifs is 1. The van der Waals surface area contributed by atoms with Crippen molar-refractivity contribution < 1.29 is 9.59 Å². The van der Waals surface area contributed by atoms with Crippen molar-refractivity contribution in [1.29, 1.82) is 0 Å². The Morgan fingerprint density at radius 2 is 1.92 bits per heavy atom. The minimum atomic E-state index is -0.496. The van der Waals surface area contributed by atoms with Gasteiger partial charge < -0.3 is 10.6 Å². The van der Waals surface area contributed by atoms with Gasteiger partial charge in [0.25, 0.3) is 11.8 Å². The average Bonchev–Trinajstić information content (AvgIpc) is 2.99. The quantitative estimate of drug-likeness (QED) is 0.802. The molecule has 0 aliphatic heterocycles. The molecule has 0 fully saturated rings. The standard InChI is InChI=1S/C18H18N4O2/c1-11-15(17(19)23)9-20-22-10-14(8-16(11)22)12-5-4-6-13(7-12)18(24)21(2)3/h4-10H,1-3H3,(H2,19,23). The maximum atomic E-state index is 12.1. The molecule has 122 valence electrons. The van der Waals surface area contributed by atoms with Crippen LogP contribution < -0.4 is 5.73 Å². The van der Waals surface area contributed by atoms with Crippen LogP contribution in [0.4, 0.5) is 0 Å². The number of primary amides is 1. The molecule has 24 heavy (non-hydrogen) atoms. The first-order valence-corrected chi connectivity index (χ1v) is 7.48. The number of carbonyl (C=O) groups excluding carboxylic acids is 2. The number of hydrogen-bond donors (Lipinski definition) is 1. The Morgan fingerprint density at radius 3 is 2.58 bits per heavy atom. The number of nitrogens with two attached hydrogens (primary N) is 1. The molecule has 0 radical (unpaired) electrons. The molecule has 0 bridgehead atoms. The monoisotopic (exact) mass is 322 g/mol. The van der Waals surface area contributed by atoms with Gasteiger partial charge in [-0.15, -0.1) is 0 Å². The number of aryl methyl sites for hydroxylation is 1. The summed E-state index contributed by atoms with van der Waals surface area (Å²) in [7, 11) is 3.45. The largest absolute Gasteiger partial charge is 0.366 e. The van der Waals surface area contributed by atoms with Gasteiger partial charge in [0, 0.05) is 31.4 Å². The molecule has 3 aromatic rings. The first-order valence-electron chi connectivity index (χ1n) is 7.48. The minimum Gasteiger partial charge on any atom is -0.366 e. The molecule has 3 rings (SSSR count). The summed E-state index contributed by atoms with van der Waals surface area (Å²) < 4.78 is 1.71. The first kappa shape index (κ1) is 15.7. The Bertz CT molecular complexity index is 957. The second kappa shape index (κ2) is 5.81. The van der Waals surface area contributed by atoms with Gasteiger partial charge in [-0.05, 0) is 36.2 Å². The molecule has 1 aromatic carbocycles. The third-order valence-electron chi connectivity index (χ3n) is 4.01. The minimum absolute atomic E-state index is 0.0501. The fourth-order valence-electron chi connectivity index (χ4n) is 2.68. The molecule has 0 saturated carbocycles. The Balaban J connectivity index is 2.10. The van der Waals surface area contributed by atoms with E-state index in [1.165, 1.54) is 6.20 Å². The van der Waals surface area contributed by atoms with E-state index in [9.17, 15) is 9.59 Å². The van der Waals surface area contributed by atoms with Crippen LogP contribution in [0, 0.1) is 6.92 Å². The van der Waals surface area contributed by atoms with Crippen LogP contribution >= 0.6 is 0 Å². The Labute approximate surface area is 139 Å². The smallest absolute Gasteiger partial charge is 0.253 e. The Morgan fingerprint density at radius 1 is 1.17 bits per heavy atom. The molecular formula is C18H18N4O2. The van der Waals surface area contributed by atoms with Gasteiger partial charge in [0.1, 0.15) is 0 Å². The highest BCUT2D eigenvalue weighted by atomic mass is 16.2. The maximum absolute atomic E-state index is 12.1. The lowest BCUT2D eigenvalue weighted by molar-refractivity contribution is 0.0827. The molecule has 2 heterocycles. The third kappa shape index (κ3) is 2.62. The van der Waals surface area contributed by atoms with Crippen molar-refractivity contribution in [3.05, 3.63) is 59.4 Å². The zero-order valence-corrected chi connectivity index (χ0v) is 13.8. The van der Waals surface area contributed by atoms with Gasteiger partial charge in [0.05, 0.1) is 17.3 Å². The molecule has 2 amide bonds. The Hall–Kier alpha value is -3.15. The summed E-state index contributed by atoms with van der Waals surface area (Å²) in [5.41, 5.74) is 9.82. The van der Waals surface area contributed by atoms with Gasteiger partial charge in [-0.25, -0.2) is 4.52 Å². The van der Waals surface area contributed by atoms with Crippen LogP contribution in [0.1, 0.15) is 26.3 Å². The molecule has 0 atom stereocenters. The van der Waals surface area contributed by atoms with E-state index in [1.54, 1.807) is 29.6 Å². The van der Waals surface area contributed by atoms with E-state index in [2.05, 4.69) is 5.10 Å². The molecule has 6 heteroatoms. The van der Waals surface area contributed by atoms with E-state index in [1.807, 2.05) is 37.4 Å². The lowest BCUT2D eigenvalue weighted by atomic mass is 10.0. The number of carbonyl (C=O) groups is 2. The highest BCUT2D eigenvalue weighted by Crippen LogP contribution is 2.25. The van der Waals surface area contributed by atoms with Crippen molar-refractivity contribution >= 4 is 17.3 Å². The topological polar surface area (TPSA) is 80.7 Å². The van der Waals surface area contributed by atoms with Crippen molar-refractivity contribution in [3.8, 4) is 11.1 Å². The van der Waals surface area contributed by atoms with Crippen LogP contribution in [0.2, 0.25) is 0 Å². The first-order chi connectivity index (χ1) is 11.4. The maximum Gasteiger partial charge on any atom is 0.253 e. The predicted octanol–water partition coefficient (Wildman–Crippen LogP) is 2.11. The summed E-state index contributed by atoms with van der Waals surface area (Å²) >= 11 is 0. The van der Waals surface area contributed by atoms with Crippen LogP contribution in [0.3, 0.4) is 0 Å². The summed E-state index contributed by atoms with van der Waals surface area (Å²) in [4.78, 5) is 25.1. The average molecular weight is 322 g/mol. The highest BCUT2D eigenvalue weighted by molar-refractivity contribution is 5.96. The van der Waals surface area contributed by atoms with Crippen LogP contribution in [0.5, 0.6) is 0 Å². The summed E-state index contributed by atoms with van der Waals surface area (Å²) in [6, 6.07) is 9.36. The number of aromatic nitrogens is 2. The van der Waals surface area contributed by atoms with E-state index in [-0.39, 0.29) is 5.91 Å². The molecule has 0 aliphatic rings. The fourth-order valence-corrected chi connectivity index (χ4v) is 2.68. The normalized spacial score (nSPS) is 10.8. The van der Waals surface area contributed by atoms with Gasteiger partial charge in [-0.3, -0.25) is 9.59 Å². The van der Waals surface area contributed by atoms with Gasteiger partial charge in [0.15, 0.2) is 0 Å². The molecular weight excluding hydrogens is 304 g/mol. The van der Waals surface area contributed by atoms with Gasteiger partial charge in [-0.1, -0.05) is 12.1 Å². The summed E-state index contributed by atoms with van der Waals surface area (Å²) in [5, 5.41) is 4.24. The van der Waals surface area contributed by atoms with E-state index in [0.29, 0.717) is 11.1 Å². The van der Waals surface area contributed by atoms with Crippen molar-refractivity contribution in [2.24, 2.45) is 5.73 Å². The number of nitrogens with zero attached hydrogens (tertiary/aromatic N) is 3. The van der Waals surface area contributed by atoms with Crippen molar-refractivity contribution in [3.63, 3.8) is 0 Å². The van der Waals surface area contributed by atoms with Crippen LogP contribution in [-0.4, -0.2) is 40.4 Å². The van der Waals surface area contributed by atoms with E-state index < -0.39 is 5.91 Å². The summed E-state index contributed by atoms with van der Waals surface area (Å²) in [5.74, 6) is -0.547. The number of rotatable bonds is 3. The molecule has 0 unspecified atom stereocenters. The molecule has 0 aliphatic carbocycles. The van der Waals surface area contributed by atoms with Crippen LogP contribution in [-0.2, 0) is 0 Å². The predicted molar refractivity (Wildman–Crippen MR) is 91.9 cm³/mol. The molecule has 6 nitrogen and oxygen atoms in total. The van der Waals surface area contributed by atoms with E-state index >= 15 is 0 Å². The SMILES string of the molecule is Cc1c(C(N)=O)cnn2cc(-c3cccc(C(=O)N(C)C)c3)cc12. The lowest BCUT2D eigenvalue weighted by Gasteiger charge is -2.10. The lowest BCUT2D eigenvalue weighted by Crippen LogP contribution is -2.21. The zero-order chi connectivity index (χ0) is 17.4. The van der Waals surface area contributed by atoms with Gasteiger partial charge in [0.2, 0.25) is 0 Å². The number of hydrogen-bond acceptors (Lipinski definition) is 3. The zero-order valence-electron chi connectivity index (χ0n) is 13.8. The van der Waals surface area contributed by atoms with Gasteiger partial charge >= 0.3 is 0 Å². The summed E-state index contributed by atoms with van der Waals surface area (Å²) in [6.07, 6.45) is 3.34. The summed E-state index contributed by atoms with van der Waals surface area (Å²) in [6.45, 7) is 1.84. The second-order valence-electron chi connectivity index (χ2n) is 5.89. The second-order valence-corrected chi connectivity index (χ2v) is 5.89. The molecule has 0 spiro atoms. The van der Waals surface area contributed by atoms with E-state index in [4.69, 9.17) is 5.73 Å². The van der Waals surface area contributed by atoms with Crippen molar-refractivity contribution in [2.45, 2.75) is 6.92 Å². The fraction of sp³-hybridized carbons (Fsp3) is 0.167. The van der Waals surface area contributed by atoms with Crippen LogP contribution in [0.15, 0.2) is 42.7 Å². The molecule has 2 aromatic heterocycles. The number of amides is 2. The van der Waals surface area contributed by atoms with Crippen LogP contribution in [0.25, 0.3) is 16.6 Å². The third-order valence-corrected chi connectivity index (χ3v) is 4.01. The van der Waals surface area contributed by atoms with Crippen molar-refractivity contribution in [1.82, 2.24) is 14.5 Å². The van der Waals surface area contributed by atoms with Gasteiger partial charge in [-0.2, -0.15) is 5.10 Å². The molecule has 0 saturated heterocycles.